The first kappa shape index (κ1) is 23.4. The van der Waals surface area contributed by atoms with Gasteiger partial charge in [0.05, 0.1) is 26.0 Å². The zero-order chi connectivity index (χ0) is 24.1. The zero-order valence-electron chi connectivity index (χ0n) is 19.2. The summed E-state index contributed by atoms with van der Waals surface area (Å²) in [5.41, 5.74) is 2.56. The van der Waals surface area contributed by atoms with Gasteiger partial charge in [-0.3, -0.25) is 9.69 Å². The predicted molar refractivity (Wildman–Crippen MR) is 135 cm³/mol. The van der Waals surface area contributed by atoms with Gasteiger partial charge in [-0.1, -0.05) is 17.7 Å². The highest BCUT2D eigenvalue weighted by Crippen LogP contribution is 2.32. The Bertz CT molecular complexity index is 1230. The van der Waals surface area contributed by atoms with Crippen LogP contribution in [0.25, 0.3) is 6.08 Å². The second kappa shape index (κ2) is 10.4. The lowest BCUT2D eigenvalue weighted by Crippen LogP contribution is -2.32. The predicted octanol–water partition coefficient (Wildman–Crippen LogP) is 5.98. The van der Waals surface area contributed by atoms with Crippen LogP contribution in [0.4, 0.5) is 5.69 Å². The molecule has 0 aliphatic carbocycles. The quantitative estimate of drug-likeness (QED) is 0.375. The van der Waals surface area contributed by atoms with Crippen LogP contribution in [0, 0.1) is 0 Å². The van der Waals surface area contributed by atoms with Crippen molar-refractivity contribution in [3.63, 3.8) is 0 Å². The SMILES string of the molecule is CCOc1ccc(C=C2N=C(c3ccc(Cl)cc3)N(c3ccc(OC)cc3)C2=O)cc1OCC. The van der Waals surface area contributed by atoms with E-state index in [0.717, 1.165) is 11.1 Å². The fraction of sp³-hybridized carbons (Fsp3) is 0.185. The van der Waals surface area contributed by atoms with Crippen LogP contribution in [0.1, 0.15) is 25.0 Å². The van der Waals surface area contributed by atoms with Crippen LogP contribution in [0.2, 0.25) is 5.02 Å². The van der Waals surface area contributed by atoms with Crippen LogP contribution in [0.15, 0.2) is 77.4 Å². The van der Waals surface area contributed by atoms with Crippen molar-refractivity contribution in [1.82, 2.24) is 0 Å². The van der Waals surface area contributed by atoms with Gasteiger partial charge in [0.15, 0.2) is 11.5 Å². The lowest BCUT2D eigenvalue weighted by molar-refractivity contribution is -0.113. The fourth-order valence-corrected chi connectivity index (χ4v) is 3.72. The van der Waals surface area contributed by atoms with Gasteiger partial charge in [-0.15, -0.1) is 0 Å². The molecule has 174 valence electrons. The molecule has 4 rings (SSSR count). The van der Waals surface area contributed by atoms with Crippen molar-refractivity contribution in [2.75, 3.05) is 25.2 Å². The van der Waals surface area contributed by atoms with Crippen molar-refractivity contribution in [3.05, 3.63) is 88.6 Å². The molecule has 0 bridgehead atoms. The summed E-state index contributed by atoms with van der Waals surface area (Å²) in [6.45, 7) is 4.87. The van der Waals surface area contributed by atoms with Crippen LogP contribution in [-0.2, 0) is 4.79 Å². The molecule has 0 saturated carbocycles. The Morgan fingerprint density at radius 3 is 2.24 bits per heavy atom. The Morgan fingerprint density at radius 2 is 1.59 bits per heavy atom. The van der Waals surface area contributed by atoms with E-state index in [9.17, 15) is 4.79 Å². The molecule has 1 aliphatic rings. The van der Waals surface area contributed by atoms with Gasteiger partial charge in [0, 0.05) is 10.6 Å². The first-order valence-electron chi connectivity index (χ1n) is 11.0. The van der Waals surface area contributed by atoms with Gasteiger partial charge in [-0.05, 0) is 86.2 Å². The number of carbonyl (C=O) groups excluding carboxylic acids is 1. The van der Waals surface area contributed by atoms with Gasteiger partial charge in [0.25, 0.3) is 5.91 Å². The lowest BCUT2D eigenvalue weighted by atomic mass is 10.1. The first-order valence-corrected chi connectivity index (χ1v) is 11.4. The number of benzene rings is 3. The van der Waals surface area contributed by atoms with E-state index < -0.39 is 0 Å². The number of hydrogen-bond donors (Lipinski definition) is 0. The highest BCUT2D eigenvalue weighted by atomic mass is 35.5. The van der Waals surface area contributed by atoms with E-state index in [0.29, 0.717) is 52.7 Å². The summed E-state index contributed by atoms with van der Waals surface area (Å²) in [5, 5.41) is 0.610. The highest BCUT2D eigenvalue weighted by molar-refractivity contribution is 6.34. The number of nitrogens with zero attached hydrogens (tertiary/aromatic N) is 2. The molecule has 0 atom stereocenters. The Balaban J connectivity index is 1.77. The van der Waals surface area contributed by atoms with Crippen molar-refractivity contribution in [2.24, 2.45) is 4.99 Å². The van der Waals surface area contributed by atoms with Gasteiger partial charge in [-0.25, -0.2) is 4.99 Å². The topological polar surface area (TPSA) is 60.4 Å². The number of hydrogen-bond acceptors (Lipinski definition) is 5. The molecule has 0 unspecified atom stereocenters. The molecule has 7 heteroatoms. The van der Waals surface area contributed by atoms with Gasteiger partial charge in [-0.2, -0.15) is 0 Å². The minimum atomic E-state index is -0.234. The standard InChI is InChI=1S/C27H25ClN2O4/c1-4-33-24-15-6-18(17-25(24)34-5-2)16-23-27(31)30(21-11-13-22(32-3)14-12-21)26(29-23)19-7-9-20(28)10-8-19/h6-17H,4-5H2,1-3H3. The molecular formula is C27H25ClN2O4. The monoisotopic (exact) mass is 476 g/mol. The number of aliphatic imine (C=N–C) groups is 1. The third-order valence-corrected chi connectivity index (χ3v) is 5.42. The second-order valence-corrected chi connectivity index (χ2v) is 7.82. The summed E-state index contributed by atoms with van der Waals surface area (Å²) in [6, 6.07) is 20.1. The van der Waals surface area contributed by atoms with Gasteiger partial charge < -0.3 is 14.2 Å². The summed E-state index contributed by atoms with van der Waals surface area (Å²) >= 11 is 6.08. The molecule has 1 aliphatic heterocycles. The molecule has 0 fully saturated rings. The highest BCUT2D eigenvalue weighted by Gasteiger charge is 2.32. The summed E-state index contributed by atoms with van der Waals surface area (Å²) in [7, 11) is 1.60. The van der Waals surface area contributed by atoms with E-state index in [2.05, 4.69) is 0 Å². The van der Waals surface area contributed by atoms with E-state index in [1.54, 1.807) is 30.2 Å². The number of methoxy groups -OCH3 is 1. The maximum Gasteiger partial charge on any atom is 0.282 e. The number of amides is 1. The molecule has 3 aromatic carbocycles. The second-order valence-electron chi connectivity index (χ2n) is 7.38. The molecule has 3 aromatic rings. The van der Waals surface area contributed by atoms with E-state index in [4.69, 9.17) is 30.8 Å². The zero-order valence-corrected chi connectivity index (χ0v) is 20.0. The third-order valence-electron chi connectivity index (χ3n) is 5.16. The lowest BCUT2D eigenvalue weighted by Gasteiger charge is -2.19. The Hall–Kier alpha value is -3.77. The molecule has 0 aromatic heterocycles. The molecule has 34 heavy (non-hydrogen) atoms. The smallest absolute Gasteiger partial charge is 0.282 e. The average molecular weight is 477 g/mol. The number of rotatable bonds is 8. The third kappa shape index (κ3) is 4.92. The molecule has 0 saturated heterocycles. The summed E-state index contributed by atoms with van der Waals surface area (Å²) in [4.78, 5) is 19.8. The van der Waals surface area contributed by atoms with E-state index in [1.165, 1.54) is 0 Å². The van der Waals surface area contributed by atoms with Crippen molar-refractivity contribution in [2.45, 2.75) is 13.8 Å². The molecule has 1 heterocycles. The van der Waals surface area contributed by atoms with Crippen LogP contribution in [0.5, 0.6) is 17.2 Å². The number of carbonyl (C=O) groups is 1. The van der Waals surface area contributed by atoms with Crippen molar-refractivity contribution >= 4 is 35.1 Å². The minimum Gasteiger partial charge on any atom is -0.497 e. The van der Waals surface area contributed by atoms with E-state index >= 15 is 0 Å². The van der Waals surface area contributed by atoms with Crippen molar-refractivity contribution in [1.29, 1.82) is 0 Å². The molecule has 6 nitrogen and oxygen atoms in total. The largest absolute Gasteiger partial charge is 0.497 e. The molecule has 0 spiro atoms. The number of halogens is 1. The fourth-order valence-electron chi connectivity index (χ4n) is 3.60. The van der Waals surface area contributed by atoms with Crippen molar-refractivity contribution in [3.8, 4) is 17.2 Å². The van der Waals surface area contributed by atoms with Gasteiger partial charge >= 0.3 is 0 Å². The molecular weight excluding hydrogens is 452 g/mol. The molecule has 1 amide bonds. The van der Waals surface area contributed by atoms with Crippen LogP contribution in [-0.4, -0.2) is 32.1 Å². The molecule has 0 radical (unpaired) electrons. The maximum atomic E-state index is 13.5. The number of ether oxygens (including phenoxy) is 3. The van der Waals surface area contributed by atoms with Gasteiger partial charge in [0.2, 0.25) is 0 Å². The maximum absolute atomic E-state index is 13.5. The summed E-state index contributed by atoms with van der Waals surface area (Å²) < 4.78 is 16.6. The summed E-state index contributed by atoms with van der Waals surface area (Å²) in [5.74, 6) is 2.28. The van der Waals surface area contributed by atoms with E-state index in [-0.39, 0.29) is 5.91 Å². The Kier molecular flexibility index (Phi) is 7.18. The Labute approximate surface area is 204 Å². The summed E-state index contributed by atoms with van der Waals surface area (Å²) in [6.07, 6.45) is 1.75. The minimum absolute atomic E-state index is 0.234. The Morgan fingerprint density at radius 1 is 0.912 bits per heavy atom. The van der Waals surface area contributed by atoms with Crippen LogP contribution >= 0.6 is 11.6 Å². The number of amidine groups is 1. The molecule has 0 N–H and O–H groups in total. The van der Waals surface area contributed by atoms with Crippen LogP contribution in [0.3, 0.4) is 0 Å². The number of anilines is 1. The van der Waals surface area contributed by atoms with E-state index in [1.807, 2.05) is 68.4 Å². The van der Waals surface area contributed by atoms with Crippen molar-refractivity contribution < 1.29 is 19.0 Å². The first-order chi connectivity index (χ1) is 16.5. The van der Waals surface area contributed by atoms with Gasteiger partial charge in [0.1, 0.15) is 17.3 Å². The van der Waals surface area contributed by atoms with Crippen LogP contribution < -0.4 is 19.1 Å². The normalized spacial score (nSPS) is 14.4. The average Bonchev–Trinajstić information content (AvgIpc) is 3.17.